The van der Waals surface area contributed by atoms with Crippen LogP contribution in [0, 0.1) is 0 Å². The van der Waals surface area contributed by atoms with Crippen LogP contribution >= 0.6 is 12.4 Å². The standard InChI is InChI=1S/C13H15F3N2O.ClH/c1-18(11(19)12(17)5-6-12)8-9-3-2-4-10(7-9)13(14,15)16;/h2-4,7H,5-6,8,17H2,1H3;1H. The minimum Gasteiger partial charge on any atom is -0.340 e. The molecule has 112 valence electrons. The topological polar surface area (TPSA) is 46.3 Å². The maximum atomic E-state index is 12.6. The van der Waals surface area contributed by atoms with E-state index in [0.29, 0.717) is 18.4 Å². The van der Waals surface area contributed by atoms with E-state index in [1.807, 2.05) is 0 Å². The molecule has 0 saturated heterocycles. The predicted octanol–water partition coefficient (Wildman–Crippen LogP) is 2.58. The van der Waals surface area contributed by atoms with Crippen molar-refractivity contribution in [1.82, 2.24) is 4.90 Å². The van der Waals surface area contributed by atoms with Gasteiger partial charge in [-0.3, -0.25) is 4.79 Å². The van der Waals surface area contributed by atoms with Crippen LogP contribution in [0.2, 0.25) is 0 Å². The molecule has 1 aromatic rings. The van der Waals surface area contributed by atoms with Crippen molar-refractivity contribution in [1.29, 1.82) is 0 Å². The highest BCUT2D eigenvalue weighted by Gasteiger charge is 2.47. The number of halogens is 4. The van der Waals surface area contributed by atoms with Crippen molar-refractivity contribution < 1.29 is 18.0 Å². The molecular formula is C13H16ClF3N2O. The first-order valence-electron chi connectivity index (χ1n) is 5.93. The van der Waals surface area contributed by atoms with Gasteiger partial charge in [0.15, 0.2) is 0 Å². The molecule has 0 radical (unpaired) electrons. The van der Waals surface area contributed by atoms with Gasteiger partial charge in [0, 0.05) is 13.6 Å². The quantitative estimate of drug-likeness (QED) is 0.933. The fraction of sp³-hybridized carbons (Fsp3) is 0.462. The Labute approximate surface area is 121 Å². The molecule has 0 bridgehead atoms. The lowest BCUT2D eigenvalue weighted by atomic mass is 10.1. The Morgan fingerprint density at radius 2 is 2.00 bits per heavy atom. The van der Waals surface area contributed by atoms with Gasteiger partial charge in [-0.2, -0.15) is 13.2 Å². The number of amides is 1. The van der Waals surface area contributed by atoms with Gasteiger partial charge >= 0.3 is 6.18 Å². The third-order valence-corrected chi connectivity index (χ3v) is 3.24. The monoisotopic (exact) mass is 308 g/mol. The van der Waals surface area contributed by atoms with Crippen LogP contribution in [0.15, 0.2) is 24.3 Å². The largest absolute Gasteiger partial charge is 0.416 e. The Hall–Kier alpha value is -1.27. The second-order valence-electron chi connectivity index (χ2n) is 5.02. The van der Waals surface area contributed by atoms with E-state index < -0.39 is 17.3 Å². The van der Waals surface area contributed by atoms with E-state index in [9.17, 15) is 18.0 Å². The number of likely N-dealkylation sites (N-methyl/N-ethyl adjacent to an activating group) is 1. The van der Waals surface area contributed by atoms with E-state index in [0.717, 1.165) is 12.1 Å². The Morgan fingerprint density at radius 1 is 1.40 bits per heavy atom. The predicted molar refractivity (Wildman–Crippen MR) is 71.3 cm³/mol. The summed E-state index contributed by atoms with van der Waals surface area (Å²) >= 11 is 0. The molecule has 2 N–H and O–H groups in total. The maximum absolute atomic E-state index is 12.6. The number of carbonyl (C=O) groups excluding carboxylic acids is 1. The van der Waals surface area contributed by atoms with Crippen LogP contribution in [0.25, 0.3) is 0 Å². The first kappa shape index (κ1) is 16.8. The van der Waals surface area contributed by atoms with Gasteiger partial charge in [0.25, 0.3) is 0 Å². The van der Waals surface area contributed by atoms with Crippen molar-refractivity contribution in [2.45, 2.75) is 31.1 Å². The molecule has 0 aliphatic heterocycles. The number of hydrogen-bond acceptors (Lipinski definition) is 2. The van der Waals surface area contributed by atoms with Crippen molar-refractivity contribution in [3.63, 3.8) is 0 Å². The molecular weight excluding hydrogens is 293 g/mol. The molecule has 1 aromatic carbocycles. The van der Waals surface area contributed by atoms with Crippen molar-refractivity contribution in [3.8, 4) is 0 Å². The third kappa shape index (κ3) is 3.64. The Balaban J connectivity index is 0.00000200. The normalized spacial score (nSPS) is 16.2. The molecule has 2 rings (SSSR count). The van der Waals surface area contributed by atoms with Crippen LogP contribution in [0.1, 0.15) is 24.0 Å². The maximum Gasteiger partial charge on any atom is 0.416 e. The smallest absolute Gasteiger partial charge is 0.340 e. The molecule has 3 nitrogen and oxygen atoms in total. The molecule has 1 aliphatic rings. The molecule has 1 saturated carbocycles. The summed E-state index contributed by atoms with van der Waals surface area (Å²) in [4.78, 5) is 13.3. The van der Waals surface area contributed by atoms with Crippen molar-refractivity contribution >= 4 is 18.3 Å². The number of benzene rings is 1. The van der Waals surface area contributed by atoms with Gasteiger partial charge in [-0.1, -0.05) is 12.1 Å². The van der Waals surface area contributed by atoms with Gasteiger partial charge in [-0.15, -0.1) is 12.4 Å². The summed E-state index contributed by atoms with van der Waals surface area (Å²) in [5, 5.41) is 0. The highest BCUT2D eigenvalue weighted by Crippen LogP contribution is 2.34. The second kappa shape index (κ2) is 5.61. The molecule has 0 unspecified atom stereocenters. The van der Waals surface area contributed by atoms with Crippen molar-refractivity contribution in [3.05, 3.63) is 35.4 Å². The number of nitrogens with zero attached hydrogens (tertiary/aromatic N) is 1. The summed E-state index contributed by atoms with van der Waals surface area (Å²) in [5.74, 6) is -0.218. The molecule has 7 heteroatoms. The fourth-order valence-corrected chi connectivity index (χ4v) is 1.92. The summed E-state index contributed by atoms with van der Waals surface area (Å²) in [5.41, 5.74) is 4.71. The molecule has 20 heavy (non-hydrogen) atoms. The van der Waals surface area contributed by atoms with Gasteiger partial charge in [-0.25, -0.2) is 0 Å². The summed E-state index contributed by atoms with van der Waals surface area (Å²) in [6.45, 7) is 0.127. The highest BCUT2D eigenvalue weighted by molar-refractivity contribution is 5.88. The van der Waals surface area contributed by atoms with E-state index in [1.165, 1.54) is 11.0 Å². The molecule has 0 spiro atoms. The lowest BCUT2D eigenvalue weighted by molar-refractivity contribution is -0.137. The Morgan fingerprint density at radius 3 is 2.50 bits per heavy atom. The van der Waals surface area contributed by atoms with E-state index in [4.69, 9.17) is 5.73 Å². The first-order chi connectivity index (χ1) is 8.72. The summed E-state index contributed by atoms with van der Waals surface area (Å²) in [6.07, 6.45) is -3.10. The highest BCUT2D eigenvalue weighted by atomic mass is 35.5. The summed E-state index contributed by atoms with van der Waals surface area (Å²) in [7, 11) is 1.55. The zero-order valence-electron chi connectivity index (χ0n) is 10.9. The van der Waals surface area contributed by atoms with Crippen LogP contribution in [-0.4, -0.2) is 23.4 Å². The Kier molecular flexibility index (Phi) is 4.71. The van der Waals surface area contributed by atoms with Gasteiger partial charge in [-0.05, 0) is 30.5 Å². The van der Waals surface area contributed by atoms with Crippen molar-refractivity contribution in [2.75, 3.05) is 7.05 Å². The average Bonchev–Trinajstić information content (AvgIpc) is 3.07. The van der Waals surface area contributed by atoms with Crippen LogP contribution in [0.5, 0.6) is 0 Å². The second-order valence-corrected chi connectivity index (χ2v) is 5.02. The zero-order chi connectivity index (χ0) is 14.3. The van der Waals surface area contributed by atoms with Crippen LogP contribution in [0.3, 0.4) is 0 Å². The van der Waals surface area contributed by atoms with E-state index in [-0.39, 0.29) is 24.9 Å². The molecule has 1 fully saturated rings. The Bertz CT molecular complexity index is 501. The third-order valence-electron chi connectivity index (χ3n) is 3.24. The van der Waals surface area contributed by atoms with E-state index >= 15 is 0 Å². The van der Waals surface area contributed by atoms with Gasteiger partial charge < -0.3 is 10.6 Å². The van der Waals surface area contributed by atoms with Gasteiger partial charge in [0.1, 0.15) is 0 Å². The number of carbonyl (C=O) groups is 1. The van der Waals surface area contributed by atoms with Crippen molar-refractivity contribution in [2.24, 2.45) is 5.73 Å². The van der Waals surface area contributed by atoms with Crippen LogP contribution in [0.4, 0.5) is 13.2 Å². The van der Waals surface area contributed by atoms with Gasteiger partial charge in [0.2, 0.25) is 5.91 Å². The number of rotatable bonds is 3. The first-order valence-corrected chi connectivity index (χ1v) is 5.93. The molecule has 0 aromatic heterocycles. The summed E-state index contributed by atoms with van der Waals surface area (Å²) in [6, 6.07) is 4.97. The number of alkyl halides is 3. The van der Waals surface area contributed by atoms with E-state index in [2.05, 4.69) is 0 Å². The molecule has 0 atom stereocenters. The number of hydrogen-bond donors (Lipinski definition) is 1. The van der Waals surface area contributed by atoms with Gasteiger partial charge in [0.05, 0.1) is 11.1 Å². The lowest BCUT2D eigenvalue weighted by Crippen LogP contribution is -2.43. The molecule has 1 aliphatic carbocycles. The van der Waals surface area contributed by atoms with Crippen LogP contribution in [-0.2, 0) is 17.5 Å². The average molecular weight is 309 g/mol. The zero-order valence-corrected chi connectivity index (χ0v) is 11.7. The van der Waals surface area contributed by atoms with Crippen LogP contribution < -0.4 is 5.73 Å². The number of nitrogens with two attached hydrogens (primary N) is 1. The van der Waals surface area contributed by atoms with E-state index in [1.54, 1.807) is 13.1 Å². The molecule has 1 amide bonds. The lowest BCUT2D eigenvalue weighted by Gasteiger charge is -2.21. The fourth-order valence-electron chi connectivity index (χ4n) is 1.92. The molecule has 0 heterocycles. The SMILES string of the molecule is CN(Cc1cccc(C(F)(F)F)c1)C(=O)C1(N)CC1.Cl. The summed E-state index contributed by atoms with van der Waals surface area (Å²) < 4.78 is 37.7. The minimum atomic E-state index is -4.37. The minimum absolute atomic E-state index is 0.